The third-order valence-corrected chi connectivity index (χ3v) is 13.9. The van der Waals surface area contributed by atoms with E-state index < -0.39 is 11.9 Å². The molecule has 0 radical (unpaired) electrons. The Morgan fingerprint density at radius 2 is 1.72 bits per heavy atom. The molecule has 3 N–H and O–H groups in total. The normalized spacial score (nSPS) is 18.4. The Hall–Kier alpha value is -5.91. The van der Waals surface area contributed by atoms with Gasteiger partial charge in [-0.2, -0.15) is 0 Å². The fourth-order valence-corrected chi connectivity index (χ4v) is 9.85. The minimum absolute atomic E-state index is 0. The summed E-state index contributed by atoms with van der Waals surface area (Å²) in [6.07, 6.45) is 8.96. The number of imide groups is 1. The molecule has 2 fully saturated rings. The number of carbonyl (C=O) groups is 6. The average Bonchev–Trinajstić information content (AvgIpc) is 3.66. The first-order valence-corrected chi connectivity index (χ1v) is 24.1. The van der Waals surface area contributed by atoms with Gasteiger partial charge in [-0.3, -0.25) is 34.1 Å². The first-order chi connectivity index (χ1) is 32.4. The largest absolute Gasteiger partial charge is 0.496 e. The highest BCUT2D eigenvalue weighted by Gasteiger charge is 2.40. The number of rotatable bonds is 17. The molecule has 4 aliphatic heterocycles. The monoisotopic (exact) mass is 1010 g/mol. The maximum atomic E-state index is 13.5. The van der Waals surface area contributed by atoms with E-state index in [9.17, 15) is 28.8 Å². The zero-order valence-electron chi connectivity index (χ0n) is 38.7. The molecule has 360 valence electrons. The van der Waals surface area contributed by atoms with Crippen molar-refractivity contribution in [2.75, 3.05) is 48.9 Å². The van der Waals surface area contributed by atoms with Gasteiger partial charge in [0.2, 0.25) is 23.6 Å². The molecule has 4 aromatic rings. The standard InChI is InChI=1S/C50H58BrN9O7.ClH/c1-4-39-50(66)57(2)41-28-52-43(55-46(41)59(39)29-31-13-17-34(51)18-14-31)27-32-15-16-33(26-42(32)67-3)47(63)53-35-21-24-58(25-22-35)23-8-6-5-7-12-44(61)54-38-11-9-10-36-37(38)30-60(49(36)65)40-19-20-45(62)56-48(40)64;/h9-11,13-18,26,28,35,39-40H,4-8,12,19-25,27,29-30H2,1-3H3,(H,53,63)(H,54,61)(H,56,62,64);1H/t39-,40?;/m1./s1. The number of methoxy groups -OCH3 is 1. The summed E-state index contributed by atoms with van der Waals surface area (Å²) in [5.41, 5.74) is 4.83. The van der Waals surface area contributed by atoms with Gasteiger partial charge >= 0.3 is 0 Å². The van der Waals surface area contributed by atoms with Crippen LogP contribution in [-0.4, -0.2) is 107 Å². The van der Waals surface area contributed by atoms with Gasteiger partial charge in [-0.1, -0.05) is 60.0 Å². The van der Waals surface area contributed by atoms with Crippen LogP contribution in [0.3, 0.4) is 0 Å². The number of aromatic nitrogens is 2. The van der Waals surface area contributed by atoms with E-state index in [4.69, 9.17) is 9.72 Å². The third-order valence-electron chi connectivity index (χ3n) is 13.4. The molecule has 0 aliphatic carbocycles. The van der Waals surface area contributed by atoms with Crippen molar-refractivity contribution < 1.29 is 33.5 Å². The summed E-state index contributed by atoms with van der Waals surface area (Å²) in [5.74, 6) is 0.553. The second kappa shape index (κ2) is 22.5. The lowest BCUT2D eigenvalue weighted by Crippen LogP contribution is -2.52. The number of hydrogen-bond acceptors (Lipinski definition) is 11. The van der Waals surface area contributed by atoms with E-state index in [1.54, 1.807) is 49.5 Å². The van der Waals surface area contributed by atoms with Gasteiger partial charge in [0.1, 0.15) is 29.3 Å². The van der Waals surface area contributed by atoms with Crippen LogP contribution < -0.4 is 30.5 Å². The van der Waals surface area contributed by atoms with Gasteiger partial charge in [0.05, 0.1) is 13.3 Å². The van der Waals surface area contributed by atoms with Crippen molar-refractivity contribution in [2.45, 2.75) is 109 Å². The highest BCUT2D eigenvalue weighted by molar-refractivity contribution is 9.10. The van der Waals surface area contributed by atoms with Gasteiger partial charge in [0.15, 0.2) is 5.82 Å². The molecule has 6 amide bonds. The number of hydrogen-bond donors (Lipinski definition) is 3. The summed E-state index contributed by atoms with van der Waals surface area (Å²) in [4.78, 5) is 94.3. The van der Waals surface area contributed by atoms with Crippen molar-refractivity contribution in [3.8, 4) is 5.75 Å². The number of nitrogens with one attached hydrogen (secondary N) is 3. The number of anilines is 3. The molecular weight excluding hydrogens is 954 g/mol. The topological polar surface area (TPSA) is 186 Å². The summed E-state index contributed by atoms with van der Waals surface area (Å²) < 4.78 is 6.77. The van der Waals surface area contributed by atoms with E-state index in [0.29, 0.717) is 71.3 Å². The minimum atomic E-state index is -0.708. The Kier molecular flexibility index (Phi) is 16.5. The highest BCUT2D eigenvalue weighted by Crippen LogP contribution is 2.37. The maximum absolute atomic E-state index is 13.5. The van der Waals surface area contributed by atoms with Crippen molar-refractivity contribution >= 4 is 81.0 Å². The first kappa shape index (κ1) is 50.0. The van der Waals surface area contributed by atoms with E-state index in [-0.39, 0.29) is 73.4 Å². The van der Waals surface area contributed by atoms with Crippen LogP contribution in [0, 0.1) is 0 Å². The molecule has 16 nitrogen and oxygen atoms in total. The van der Waals surface area contributed by atoms with Crippen LogP contribution in [0.25, 0.3) is 0 Å². The molecular formula is C50H59BrClN9O7. The van der Waals surface area contributed by atoms with Gasteiger partial charge in [-0.15, -0.1) is 12.4 Å². The third kappa shape index (κ3) is 11.3. The highest BCUT2D eigenvalue weighted by atomic mass is 79.9. The van der Waals surface area contributed by atoms with Gasteiger partial charge in [0.25, 0.3) is 11.8 Å². The molecule has 2 saturated heterocycles. The molecule has 3 aromatic carbocycles. The Balaban J connectivity index is 0.00000684. The van der Waals surface area contributed by atoms with Gasteiger partial charge < -0.3 is 35.0 Å². The predicted molar refractivity (Wildman–Crippen MR) is 264 cm³/mol. The number of halogens is 2. The molecule has 0 bridgehead atoms. The Bertz CT molecular complexity index is 2540. The molecule has 1 aromatic heterocycles. The number of amides is 6. The number of likely N-dealkylation sites (tertiary alicyclic amines) is 1. The minimum Gasteiger partial charge on any atom is -0.496 e. The molecule has 68 heavy (non-hydrogen) atoms. The van der Waals surface area contributed by atoms with E-state index in [2.05, 4.69) is 46.7 Å². The fourth-order valence-electron chi connectivity index (χ4n) is 9.59. The Morgan fingerprint density at radius 3 is 2.46 bits per heavy atom. The summed E-state index contributed by atoms with van der Waals surface area (Å²) >= 11 is 3.51. The SMILES string of the molecule is CC[C@@H]1C(=O)N(C)c2cnc(Cc3ccc(C(=O)NC4CCN(CCCCCCC(=O)Nc5cccc6c5CN(C5CCC(=O)NC5=O)C6=O)CC4)cc3OC)nc2N1Cc1ccc(Br)cc1.Cl. The zero-order valence-corrected chi connectivity index (χ0v) is 41.1. The molecule has 2 atom stereocenters. The maximum Gasteiger partial charge on any atom is 0.255 e. The van der Waals surface area contributed by atoms with E-state index in [1.165, 1.54) is 4.90 Å². The molecule has 18 heteroatoms. The first-order valence-electron chi connectivity index (χ1n) is 23.3. The number of fused-ring (bicyclic) bond motifs is 2. The van der Waals surface area contributed by atoms with Crippen molar-refractivity contribution in [1.29, 1.82) is 0 Å². The summed E-state index contributed by atoms with van der Waals surface area (Å²) in [7, 11) is 3.36. The number of likely N-dealkylation sites (N-methyl/N-ethyl adjacent to an activating group) is 1. The number of benzene rings is 3. The van der Waals surface area contributed by atoms with Gasteiger partial charge in [-0.05, 0) is 87.0 Å². The Morgan fingerprint density at radius 1 is 0.956 bits per heavy atom. The fraction of sp³-hybridized carbons (Fsp3) is 0.440. The second-order valence-corrected chi connectivity index (χ2v) is 18.7. The quantitative estimate of drug-likeness (QED) is 0.0768. The lowest BCUT2D eigenvalue weighted by Gasteiger charge is -2.40. The average molecular weight is 1010 g/mol. The lowest BCUT2D eigenvalue weighted by atomic mass is 10.0. The number of ether oxygens (including phenoxy) is 1. The number of carbonyl (C=O) groups excluding carboxylic acids is 6. The van der Waals surface area contributed by atoms with Crippen molar-refractivity contribution in [3.05, 3.63) is 105 Å². The van der Waals surface area contributed by atoms with Crippen LogP contribution in [0.5, 0.6) is 5.75 Å². The Labute approximate surface area is 411 Å². The smallest absolute Gasteiger partial charge is 0.255 e. The lowest BCUT2D eigenvalue weighted by molar-refractivity contribution is -0.137. The van der Waals surface area contributed by atoms with E-state index >= 15 is 0 Å². The predicted octanol–water partition coefficient (Wildman–Crippen LogP) is 6.57. The van der Waals surface area contributed by atoms with Crippen molar-refractivity contribution in [1.82, 2.24) is 30.4 Å². The van der Waals surface area contributed by atoms with Crippen LogP contribution in [0.4, 0.5) is 17.2 Å². The molecule has 5 heterocycles. The van der Waals surface area contributed by atoms with Crippen LogP contribution in [0.1, 0.15) is 114 Å². The number of piperidine rings is 2. The number of unbranched alkanes of at least 4 members (excludes halogenated alkanes) is 3. The zero-order chi connectivity index (χ0) is 47.2. The van der Waals surface area contributed by atoms with Crippen molar-refractivity contribution in [3.63, 3.8) is 0 Å². The summed E-state index contributed by atoms with van der Waals surface area (Å²) in [6.45, 7) is 5.49. The van der Waals surface area contributed by atoms with Crippen LogP contribution in [-0.2, 0) is 38.7 Å². The summed E-state index contributed by atoms with van der Waals surface area (Å²) in [5, 5.41) is 8.53. The van der Waals surface area contributed by atoms with Gasteiger partial charge in [-0.25, -0.2) is 9.97 Å². The second-order valence-electron chi connectivity index (χ2n) is 17.8. The molecule has 1 unspecified atom stereocenters. The van der Waals surface area contributed by atoms with E-state index in [0.717, 1.165) is 73.8 Å². The van der Waals surface area contributed by atoms with Gasteiger partial charge in [0, 0.05) is 90.9 Å². The number of nitrogens with zero attached hydrogens (tertiary/aromatic N) is 6. The van der Waals surface area contributed by atoms with Crippen molar-refractivity contribution in [2.24, 2.45) is 0 Å². The van der Waals surface area contributed by atoms with Crippen LogP contribution in [0.15, 0.2) is 71.3 Å². The molecule has 0 spiro atoms. The molecule has 8 rings (SSSR count). The molecule has 4 aliphatic rings. The van der Waals surface area contributed by atoms with Crippen LogP contribution >= 0.6 is 28.3 Å². The molecule has 0 saturated carbocycles. The van der Waals surface area contributed by atoms with Crippen LogP contribution in [0.2, 0.25) is 0 Å². The van der Waals surface area contributed by atoms with E-state index in [1.807, 2.05) is 43.3 Å². The summed E-state index contributed by atoms with van der Waals surface area (Å²) in [6, 6.07) is 17.8.